The van der Waals surface area contributed by atoms with Crippen molar-refractivity contribution in [3.05, 3.63) is 41.6 Å². The first kappa shape index (κ1) is 21.9. The van der Waals surface area contributed by atoms with Crippen LogP contribution in [0.25, 0.3) is 10.9 Å². The van der Waals surface area contributed by atoms with E-state index < -0.39 is 0 Å². The van der Waals surface area contributed by atoms with E-state index >= 15 is 0 Å². The maximum absolute atomic E-state index is 12.7. The van der Waals surface area contributed by atoms with Gasteiger partial charge in [-0.3, -0.25) is 19.7 Å². The van der Waals surface area contributed by atoms with Crippen molar-refractivity contribution in [1.82, 2.24) is 20.1 Å². The summed E-state index contributed by atoms with van der Waals surface area (Å²) >= 11 is 0. The third kappa shape index (κ3) is 5.31. The maximum Gasteiger partial charge on any atom is 0.234 e. The van der Waals surface area contributed by atoms with Gasteiger partial charge in [-0.05, 0) is 62.9 Å². The molecule has 2 aromatic rings. The van der Waals surface area contributed by atoms with Crippen molar-refractivity contribution >= 4 is 23.0 Å². The summed E-state index contributed by atoms with van der Waals surface area (Å²) < 4.78 is 0. The molecule has 1 aromatic carbocycles. The Hall–Kier alpha value is -2.31. The number of amides is 1. The molecule has 0 unspecified atom stereocenters. The van der Waals surface area contributed by atoms with Gasteiger partial charge in [0.2, 0.25) is 5.91 Å². The molecule has 2 atom stereocenters. The minimum atomic E-state index is 0.170. The highest BCUT2D eigenvalue weighted by molar-refractivity contribution is 5.99. The van der Waals surface area contributed by atoms with Gasteiger partial charge in [0.15, 0.2) is 0 Å². The van der Waals surface area contributed by atoms with Crippen molar-refractivity contribution in [3.8, 4) is 0 Å². The van der Waals surface area contributed by atoms with Crippen molar-refractivity contribution in [2.75, 3.05) is 46.8 Å². The predicted molar refractivity (Wildman–Crippen MR) is 127 cm³/mol. The monoisotopic (exact) mass is 421 g/mol. The number of benzene rings is 1. The van der Waals surface area contributed by atoms with Crippen LogP contribution < -0.4 is 5.32 Å². The lowest BCUT2D eigenvalue weighted by atomic mass is 9.83. The third-order valence-electron chi connectivity index (χ3n) is 6.73. The number of likely N-dealkylation sites (tertiary alicyclic amines) is 2. The van der Waals surface area contributed by atoms with Crippen LogP contribution in [0.3, 0.4) is 0 Å². The summed E-state index contributed by atoms with van der Waals surface area (Å²) in [6.45, 7) is 6.81. The van der Waals surface area contributed by atoms with Crippen LogP contribution in [0.5, 0.6) is 0 Å². The first-order valence-corrected chi connectivity index (χ1v) is 11.5. The Balaban J connectivity index is 1.47. The molecule has 1 aromatic heterocycles. The van der Waals surface area contributed by atoms with Gasteiger partial charge in [-0.25, -0.2) is 0 Å². The second-order valence-corrected chi connectivity index (χ2v) is 9.41. The molecule has 4 rings (SSSR count). The number of nitrogens with zero attached hydrogens (tertiary/aromatic N) is 4. The maximum atomic E-state index is 12.7. The molecule has 1 amide bonds. The van der Waals surface area contributed by atoms with Crippen molar-refractivity contribution in [1.29, 1.82) is 0 Å². The van der Waals surface area contributed by atoms with Gasteiger partial charge >= 0.3 is 0 Å². The van der Waals surface area contributed by atoms with E-state index in [1.165, 1.54) is 10.9 Å². The van der Waals surface area contributed by atoms with Crippen LogP contribution in [-0.4, -0.2) is 79.8 Å². The van der Waals surface area contributed by atoms with Gasteiger partial charge in [-0.2, -0.15) is 0 Å². The predicted octanol–water partition coefficient (Wildman–Crippen LogP) is 2.92. The number of rotatable bonds is 5. The van der Waals surface area contributed by atoms with Gasteiger partial charge in [-0.1, -0.05) is 25.1 Å². The molecule has 0 radical (unpaired) electrons. The Labute approximate surface area is 185 Å². The molecule has 0 aliphatic carbocycles. The van der Waals surface area contributed by atoms with Gasteiger partial charge < -0.3 is 10.2 Å². The SMILES string of the molecule is C/N=C/c1ccc([C@H]2C[C@@H](C)CN(CC(=O)NC3CCN(C)CC3)C2)c2cccnc12. The van der Waals surface area contributed by atoms with E-state index in [1.807, 2.05) is 18.5 Å². The summed E-state index contributed by atoms with van der Waals surface area (Å²) in [5, 5.41) is 4.48. The lowest BCUT2D eigenvalue weighted by Gasteiger charge is -2.37. The molecule has 3 heterocycles. The minimum absolute atomic E-state index is 0.170. The third-order valence-corrected chi connectivity index (χ3v) is 6.73. The molecule has 166 valence electrons. The summed E-state index contributed by atoms with van der Waals surface area (Å²) in [4.78, 5) is 26.2. The van der Waals surface area contributed by atoms with Crippen LogP contribution in [0.1, 0.15) is 43.2 Å². The molecular weight excluding hydrogens is 386 g/mol. The first-order valence-electron chi connectivity index (χ1n) is 11.5. The molecule has 2 saturated heterocycles. The highest BCUT2D eigenvalue weighted by atomic mass is 16.2. The first-order chi connectivity index (χ1) is 15.0. The number of pyridine rings is 1. The van der Waals surface area contributed by atoms with Crippen molar-refractivity contribution in [2.45, 2.75) is 38.1 Å². The fourth-order valence-electron chi connectivity index (χ4n) is 5.26. The molecule has 0 bridgehead atoms. The number of piperidine rings is 2. The molecule has 2 aliphatic heterocycles. The number of nitrogens with one attached hydrogen (secondary N) is 1. The van der Waals surface area contributed by atoms with E-state index in [0.29, 0.717) is 24.4 Å². The fourth-order valence-corrected chi connectivity index (χ4v) is 5.26. The van der Waals surface area contributed by atoms with Crippen LogP contribution in [-0.2, 0) is 4.79 Å². The van der Waals surface area contributed by atoms with E-state index in [9.17, 15) is 4.79 Å². The molecule has 31 heavy (non-hydrogen) atoms. The van der Waals surface area contributed by atoms with Crippen LogP contribution in [0, 0.1) is 5.92 Å². The number of carbonyl (C=O) groups is 1. The van der Waals surface area contributed by atoms with E-state index in [-0.39, 0.29) is 5.91 Å². The van der Waals surface area contributed by atoms with Gasteiger partial charge in [-0.15, -0.1) is 0 Å². The summed E-state index contributed by atoms with van der Waals surface area (Å²) in [7, 11) is 3.94. The van der Waals surface area contributed by atoms with Crippen LogP contribution >= 0.6 is 0 Å². The molecule has 0 saturated carbocycles. The lowest BCUT2D eigenvalue weighted by molar-refractivity contribution is -0.123. The number of fused-ring (bicyclic) bond motifs is 1. The molecule has 2 fully saturated rings. The summed E-state index contributed by atoms with van der Waals surface area (Å²) in [5.41, 5.74) is 3.40. The minimum Gasteiger partial charge on any atom is -0.352 e. The van der Waals surface area contributed by atoms with Crippen LogP contribution in [0.2, 0.25) is 0 Å². The molecule has 0 spiro atoms. The van der Waals surface area contributed by atoms with E-state index in [0.717, 1.165) is 56.5 Å². The van der Waals surface area contributed by atoms with E-state index in [2.05, 4.69) is 57.3 Å². The Kier molecular flexibility index (Phi) is 6.98. The van der Waals surface area contributed by atoms with Crippen molar-refractivity contribution < 1.29 is 4.79 Å². The highest BCUT2D eigenvalue weighted by Crippen LogP contribution is 2.34. The summed E-state index contributed by atoms with van der Waals surface area (Å²) in [6, 6.07) is 8.87. The Bertz CT molecular complexity index is 935. The van der Waals surface area contributed by atoms with Gasteiger partial charge in [0.05, 0.1) is 12.1 Å². The van der Waals surface area contributed by atoms with Gasteiger partial charge in [0.1, 0.15) is 0 Å². The molecule has 2 aliphatic rings. The zero-order valence-corrected chi connectivity index (χ0v) is 19.1. The van der Waals surface area contributed by atoms with Crippen molar-refractivity contribution in [3.63, 3.8) is 0 Å². The van der Waals surface area contributed by atoms with Crippen LogP contribution in [0.15, 0.2) is 35.5 Å². The average molecular weight is 422 g/mol. The molecule has 6 heteroatoms. The molecule has 1 N–H and O–H groups in total. The highest BCUT2D eigenvalue weighted by Gasteiger charge is 2.29. The second kappa shape index (κ2) is 9.88. The number of hydrogen-bond donors (Lipinski definition) is 1. The number of aromatic nitrogens is 1. The topological polar surface area (TPSA) is 60.8 Å². The average Bonchev–Trinajstić information content (AvgIpc) is 2.75. The quantitative estimate of drug-likeness (QED) is 0.754. The Morgan fingerprint density at radius 1 is 1.26 bits per heavy atom. The smallest absolute Gasteiger partial charge is 0.234 e. The van der Waals surface area contributed by atoms with Gasteiger partial charge in [0, 0.05) is 49.5 Å². The second-order valence-electron chi connectivity index (χ2n) is 9.41. The van der Waals surface area contributed by atoms with E-state index in [4.69, 9.17) is 0 Å². The van der Waals surface area contributed by atoms with Gasteiger partial charge in [0.25, 0.3) is 0 Å². The summed E-state index contributed by atoms with van der Waals surface area (Å²) in [6.07, 6.45) is 6.96. The fraction of sp³-hybridized carbons (Fsp3) is 0.560. The van der Waals surface area contributed by atoms with Crippen molar-refractivity contribution in [2.24, 2.45) is 10.9 Å². The van der Waals surface area contributed by atoms with E-state index in [1.54, 1.807) is 7.05 Å². The summed E-state index contributed by atoms with van der Waals surface area (Å²) in [5.74, 6) is 1.13. The van der Waals surface area contributed by atoms with Crippen LogP contribution in [0.4, 0.5) is 0 Å². The normalized spacial score (nSPS) is 24.1. The number of hydrogen-bond acceptors (Lipinski definition) is 5. The molecule has 6 nitrogen and oxygen atoms in total. The number of carbonyl (C=O) groups excluding carboxylic acids is 1. The Morgan fingerprint density at radius 2 is 2.06 bits per heavy atom. The zero-order chi connectivity index (χ0) is 21.8. The Morgan fingerprint density at radius 3 is 2.84 bits per heavy atom. The zero-order valence-electron chi connectivity index (χ0n) is 19.1. The lowest BCUT2D eigenvalue weighted by Crippen LogP contribution is -2.49. The number of aliphatic imine (C=N–C) groups is 1. The largest absolute Gasteiger partial charge is 0.352 e. The molecular formula is C25H35N5O. The standard InChI is InChI=1S/C25H35N5O/c1-18-13-20(22-7-6-19(14-26-2)25-23(22)5-4-10-27-25)16-30(15-18)17-24(31)28-21-8-11-29(3)12-9-21/h4-7,10,14,18,20-21H,8-9,11-13,15-17H2,1-3H3,(H,28,31)/b26-14+/t18-,20+/m1/s1.